The molecule has 2 N–H and O–H groups in total. The van der Waals surface area contributed by atoms with E-state index in [1.165, 1.54) is 18.1 Å². The number of esters is 1. The molecule has 6 heteroatoms. The van der Waals surface area contributed by atoms with Gasteiger partial charge in [-0.1, -0.05) is 35.4 Å². The van der Waals surface area contributed by atoms with E-state index in [0.29, 0.717) is 5.82 Å². The van der Waals surface area contributed by atoms with Gasteiger partial charge in [-0.2, -0.15) is 5.10 Å². The van der Waals surface area contributed by atoms with E-state index in [-0.39, 0.29) is 6.61 Å². The van der Waals surface area contributed by atoms with Crippen LogP contribution in [-0.4, -0.2) is 28.7 Å². The van der Waals surface area contributed by atoms with Crippen molar-refractivity contribution in [2.24, 2.45) is 0 Å². The van der Waals surface area contributed by atoms with Crippen LogP contribution in [0, 0.1) is 13.8 Å². The van der Waals surface area contributed by atoms with E-state index in [1.807, 2.05) is 18.2 Å². The van der Waals surface area contributed by atoms with Crippen molar-refractivity contribution >= 4 is 28.6 Å². The van der Waals surface area contributed by atoms with E-state index in [4.69, 9.17) is 0 Å². The van der Waals surface area contributed by atoms with Crippen LogP contribution < -0.4 is 5.32 Å². The first-order valence-corrected chi connectivity index (χ1v) is 7.92. The maximum Gasteiger partial charge on any atom is 0.303 e. The highest BCUT2D eigenvalue weighted by molar-refractivity contribution is 6.01. The smallest absolute Gasteiger partial charge is 0.303 e. The summed E-state index contributed by atoms with van der Waals surface area (Å²) >= 11 is 0. The minimum Gasteiger partial charge on any atom is -0.456 e. The van der Waals surface area contributed by atoms with Gasteiger partial charge in [-0.05, 0) is 37.1 Å². The molecule has 0 atom stereocenters. The van der Waals surface area contributed by atoms with E-state index in [2.05, 4.69) is 52.3 Å². The predicted molar refractivity (Wildman–Crippen MR) is 96.3 cm³/mol. The lowest BCUT2D eigenvalue weighted by atomic mass is 10.00. The molecule has 0 aliphatic carbocycles. The number of anilines is 1. The molecule has 0 spiro atoms. The third kappa shape index (κ3) is 3.85. The highest BCUT2D eigenvalue weighted by Gasteiger charge is 2.11. The molecule has 0 aliphatic rings. The molecule has 0 saturated carbocycles. The molecule has 128 valence electrons. The van der Waals surface area contributed by atoms with Gasteiger partial charge in [0.1, 0.15) is 0 Å². The maximum atomic E-state index is 11.8. The van der Waals surface area contributed by atoms with Gasteiger partial charge in [0.15, 0.2) is 12.4 Å². The molecular weight excluding hydrogens is 318 g/mol. The van der Waals surface area contributed by atoms with Crippen LogP contribution in [0.1, 0.15) is 18.1 Å². The first kappa shape index (κ1) is 16.7. The zero-order valence-corrected chi connectivity index (χ0v) is 14.3. The van der Waals surface area contributed by atoms with Crippen LogP contribution in [0.25, 0.3) is 22.0 Å². The molecule has 1 aromatic heterocycles. The number of aromatic nitrogens is 2. The van der Waals surface area contributed by atoms with Crippen molar-refractivity contribution in [3.05, 3.63) is 47.5 Å². The molecule has 0 saturated heterocycles. The second kappa shape index (κ2) is 6.76. The summed E-state index contributed by atoms with van der Waals surface area (Å²) in [4.78, 5) is 22.5. The van der Waals surface area contributed by atoms with E-state index < -0.39 is 11.9 Å². The number of nitrogens with one attached hydrogen (secondary N) is 2. The average molecular weight is 337 g/mol. The average Bonchev–Trinajstić information content (AvgIpc) is 2.94. The Hall–Kier alpha value is -3.15. The number of carbonyl (C=O) groups excluding carboxylic acids is 2. The molecule has 1 heterocycles. The Balaban J connectivity index is 1.86. The van der Waals surface area contributed by atoms with Crippen molar-refractivity contribution in [2.75, 3.05) is 11.9 Å². The third-order valence-electron chi connectivity index (χ3n) is 3.78. The Kier molecular flexibility index (Phi) is 4.52. The van der Waals surface area contributed by atoms with Crippen molar-refractivity contribution in [1.29, 1.82) is 0 Å². The molecule has 6 nitrogen and oxygen atoms in total. The highest BCUT2D eigenvalue weighted by atomic mass is 16.5. The van der Waals surface area contributed by atoms with Gasteiger partial charge in [0.2, 0.25) is 0 Å². The summed E-state index contributed by atoms with van der Waals surface area (Å²) in [5, 5.41) is 10.5. The second-order valence-corrected chi connectivity index (χ2v) is 6.04. The second-order valence-electron chi connectivity index (χ2n) is 6.04. The molecule has 3 rings (SSSR count). The fourth-order valence-corrected chi connectivity index (χ4v) is 2.77. The van der Waals surface area contributed by atoms with Crippen molar-refractivity contribution in [3.8, 4) is 11.1 Å². The summed E-state index contributed by atoms with van der Waals surface area (Å²) in [6.07, 6.45) is 0. The van der Waals surface area contributed by atoms with Crippen LogP contribution in [0.15, 0.2) is 36.4 Å². The van der Waals surface area contributed by atoms with Gasteiger partial charge in [-0.15, -0.1) is 0 Å². The standard InChI is InChI=1S/C19H19N3O3/c1-11-6-12(2)8-15(7-11)14-4-5-16-17(9-14)21-22-19(16)20-18(24)10-25-13(3)23/h4-9H,10H2,1-3H3,(H2,20,21,22,24). The SMILES string of the molecule is CC(=O)OCC(=O)Nc1n[nH]c2cc(-c3cc(C)cc(C)c3)ccc12. The van der Waals surface area contributed by atoms with Crippen molar-refractivity contribution < 1.29 is 14.3 Å². The largest absolute Gasteiger partial charge is 0.456 e. The molecule has 25 heavy (non-hydrogen) atoms. The number of hydrogen-bond acceptors (Lipinski definition) is 4. The summed E-state index contributed by atoms with van der Waals surface area (Å²) in [5.74, 6) is -0.513. The fourth-order valence-electron chi connectivity index (χ4n) is 2.77. The Labute approximate surface area is 145 Å². The lowest BCUT2D eigenvalue weighted by Gasteiger charge is -2.06. The normalized spacial score (nSPS) is 10.7. The number of aryl methyl sites for hydroxylation is 2. The number of H-pyrrole nitrogens is 1. The molecule has 3 aromatic rings. The summed E-state index contributed by atoms with van der Waals surface area (Å²) in [5.41, 5.74) is 5.44. The van der Waals surface area contributed by atoms with Gasteiger partial charge >= 0.3 is 5.97 Å². The molecule has 0 unspecified atom stereocenters. The number of aromatic amines is 1. The number of hydrogen-bond donors (Lipinski definition) is 2. The topological polar surface area (TPSA) is 84.1 Å². The highest BCUT2D eigenvalue weighted by Crippen LogP contribution is 2.28. The quantitative estimate of drug-likeness (QED) is 0.715. The van der Waals surface area contributed by atoms with E-state index in [0.717, 1.165) is 22.0 Å². The van der Waals surface area contributed by atoms with Crippen molar-refractivity contribution in [1.82, 2.24) is 10.2 Å². The molecule has 2 aromatic carbocycles. The Morgan fingerprint density at radius 2 is 1.80 bits per heavy atom. The minimum absolute atomic E-state index is 0.329. The monoisotopic (exact) mass is 337 g/mol. The Morgan fingerprint density at radius 3 is 2.48 bits per heavy atom. The number of ether oxygens (including phenoxy) is 1. The summed E-state index contributed by atoms with van der Waals surface area (Å²) in [7, 11) is 0. The first-order chi connectivity index (χ1) is 11.9. The predicted octanol–water partition coefficient (Wildman–Crippen LogP) is 3.35. The van der Waals surface area contributed by atoms with Gasteiger partial charge in [0.25, 0.3) is 5.91 Å². The zero-order valence-electron chi connectivity index (χ0n) is 14.3. The molecule has 0 aliphatic heterocycles. The van der Waals surface area contributed by atoms with Gasteiger partial charge in [0.05, 0.1) is 5.52 Å². The van der Waals surface area contributed by atoms with Gasteiger partial charge in [-0.3, -0.25) is 14.7 Å². The maximum absolute atomic E-state index is 11.8. The number of fused-ring (bicyclic) bond motifs is 1. The first-order valence-electron chi connectivity index (χ1n) is 7.92. The van der Waals surface area contributed by atoms with Crippen LogP contribution in [0.2, 0.25) is 0 Å². The van der Waals surface area contributed by atoms with Crippen LogP contribution >= 0.6 is 0 Å². The number of carbonyl (C=O) groups is 2. The molecule has 0 radical (unpaired) electrons. The van der Waals surface area contributed by atoms with Gasteiger partial charge in [0, 0.05) is 12.3 Å². The van der Waals surface area contributed by atoms with Crippen LogP contribution in [-0.2, 0) is 14.3 Å². The number of amides is 1. The lowest BCUT2D eigenvalue weighted by Crippen LogP contribution is -2.20. The number of rotatable bonds is 4. The molecule has 1 amide bonds. The Bertz CT molecular complexity index is 939. The number of benzene rings is 2. The Morgan fingerprint density at radius 1 is 1.08 bits per heavy atom. The van der Waals surface area contributed by atoms with Crippen LogP contribution in [0.5, 0.6) is 0 Å². The van der Waals surface area contributed by atoms with Crippen molar-refractivity contribution in [2.45, 2.75) is 20.8 Å². The van der Waals surface area contributed by atoms with E-state index in [9.17, 15) is 9.59 Å². The minimum atomic E-state index is -0.500. The van der Waals surface area contributed by atoms with Gasteiger partial charge < -0.3 is 10.1 Å². The van der Waals surface area contributed by atoms with Gasteiger partial charge in [-0.25, -0.2) is 0 Å². The van der Waals surface area contributed by atoms with E-state index in [1.54, 1.807) is 0 Å². The van der Waals surface area contributed by atoms with Crippen LogP contribution in [0.4, 0.5) is 5.82 Å². The molecule has 0 fully saturated rings. The molecule has 0 bridgehead atoms. The zero-order chi connectivity index (χ0) is 18.0. The molecular formula is C19H19N3O3. The van der Waals surface area contributed by atoms with Crippen LogP contribution in [0.3, 0.4) is 0 Å². The van der Waals surface area contributed by atoms with Crippen molar-refractivity contribution in [3.63, 3.8) is 0 Å². The number of nitrogens with zero attached hydrogens (tertiary/aromatic N) is 1. The lowest BCUT2D eigenvalue weighted by molar-refractivity contribution is -0.144. The summed E-state index contributed by atoms with van der Waals surface area (Å²) < 4.78 is 4.67. The van der Waals surface area contributed by atoms with E-state index >= 15 is 0 Å². The summed E-state index contributed by atoms with van der Waals surface area (Å²) in [6, 6.07) is 12.3. The summed E-state index contributed by atoms with van der Waals surface area (Å²) in [6.45, 7) is 5.07. The fraction of sp³-hybridized carbons (Fsp3) is 0.211. The third-order valence-corrected chi connectivity index (χ3v) is 3.78.